The first kappa shape index (κ1) is 16.6. The van der Waals surface area contributed by atoms with E-state index in [2.05, 4.69) is 9.97 Å². The van der Waals surface area contributed by atoms with E-state index in [0.717, 1.165) is 11.1 Å². The fourth-order valence-corrected chi connectivity index (χ4v) is 2.24. The third kappa shape index (κ3) is 5.17. The van der Waals surface area contributed by atoms with Gasteiger partial charge >= 0.3 is 5.69 Å². The number of benzene rings is 2. The van der Waals surface area contributed by atoms with E-state index >= 15 is 0 Å². The molecule has 1 aromatic heterocycles. The Hall–Kier alpha value is -2.77. The van der Waals surface area contributed by atoms with Crippen LogP contribution in [-0.4, -0.2) is 22.9 Å². The molecule has 3 aromatic rings. The first-order valence-electron chi connectivity index (χ1n) is 6.59. The Morgan fingerprint density at radius 2 is 1.48 bits per heavy atom. The summed E-state index contributed by atoms with van der Waals surface area (Å²) in [7, 11) is -4.10. The molecule has 0 saturated carbocycles. The lowest BCUT2D eigenvalue weighted by atomic mass is 10.1. The Bertz CT molecular complexity index is 887. The van der Waals surface area contributed by atoms with Gasteiger partial charge in [-0.05, 0) is 29.3 Å². The summed E-state index contributed by atoms with van der Waals surface area (Å²) < 4.78 is 30.5. The number of aromatic nitrogens is 2. The van der Waals surface area contributed by atoms with Crippen LogP contribution in [-0.2, 0) is 10.1 Å². The fraction of sp³-hybridized carbons (Fsp3) is 0. The predicted molar refractivity (Wildman–Crippen MR) is 86.6 cm³/mol. The molecular weight excluding hydrogens is 316 g/mol. The van der Waals surface area contributed by atoms with Crippen LogP contribution in [0.4, 0.5) is 0 Å². The zero-order valence-electron chi connectivity index (χ0n) is 12.0. The summed E-state index contributed by atoms with van der Waals surface area (Å²) in [5.74, 6) is 0. The van der Waals surface area contributed by atoms with E-state index in [4.69, 9.17) is 4.55 Å². The molecule has 0 unspecified atom stereocenters. The van der Waals surface area contributed by atoms with Crippen LogP contribution in [0.25, 0.3) is 11.1 Å². The molecule has 0 aliphatic rings. The highest BCUT2D eigenvalue weighted by Crippen LogP contribution is 2.20. The summed E-state index contributed by atoms with van der Waals surface area (Å²) in [5.41, 5.74) is 1.61. The number of hydrogen-bond donors (Lipinski definition) is 2. The van der Waals surface area contributed by atoms with Crippen molar-refractivity contribution < 1.29 is 13.0 Å². The SMILES string of the molecule is O=S(=O)(O)c1ccc(-c2ccccc2)cc1.O=c1nccc[nH]1. The first-order valence-corrected chi connectivity index (χ1v) is 8.03. The maximum atomic E-state index is 10.8. The minimum Gasteiger partial charge on any atom is -0.313 e. The zero-order chi connectivity index (χ0) is 16.7. The Balaban J connectivity index is 0.000000229. The van der Waals surface area contributed by atoms with E-state index in [1.165, 1.54) is 24.5 Å². The van der Waals surface area contributed by atoms with Gasteiger partial charge < -0.3 is 4.98 Å². The average Bonchev–Trinajstić information content (AvgIpc) is 2.56. The van der Waals surface area contributed by atoms with Crippen molar-refractivity contribution in [1.82, 2.24) is 9.97 Å². The summed E-state index contributed by atoms with van der Waals surface area (Å²) in [4.78, 5) is 15.7. The normalized spacial score (nSPS) is 10.5. The number of hydrogen-bond acceptors (Lipinski definition) is 4. The highest BCUT2D eigenvalue weighted by Gasteiger charge is 2.08. The molecule has 23 heavy (non-hydrogen) atoms. The van der Waals surface area contributed by atoms with Gasteiger partial charge in [0, 0.05) is 12.4 Å². The van der Waals surface area contributed by atoms with Gasteiger partial charge in [0.2, 0.25) is 0 Å². The highest BCUT2D eigenvalue weighted by atomic mass is 32.2. The molecule has 2 N–H and O–H groups in total. The fourth-order valence-electron chi connectivity index (χ4n) is 1.76. The molecule has 0 aliphatic carbocycles. The molecule has 0 amide bonds. The molecule has 3 rings (SSSR count). The Kier molecular flexibility index (Phi) is 5.40. The summed E-state index contributed by atoms with van der Waals surface area (Å²) in [5, 5.41) is 0. The average molecular weight is 330 g/mol. The zero-order valence-corrected chi connectivity index (χ0v) is 12.8. The van der Waals surface area contributed by atoms with Crippen LogP contribution < -0.4 is 5.69 Å². The highest BCUT2D eigenvalue weighted by molar-refractivity contribution is 7.85. The maximum absolute atomic E-state index is 10.8. The van der Waals surface area contributed by atoms with Gasteiger partial charge in [-0.25, -0.2) is 9.78 Å². The molecule has 118 valence electrons. The Morgan fingerprint density at radius 3 is 1.91 bits per heavy atom. The monoisotopic (exact) mass is 330 g/mol. The van der Waals surface area contributed by atoms with Crippen molar-refractivity contribution in [3.8, 4) is 11.1 Å². The molecule has 0 fully saturated rings. The number of rotatable bonds is 2. The third-order valence-electron chi connectivity index (χ3n) is 2.84. The van der Waals surface area contributed by atoms with E-state index in [9.17, 15) is 13.2 Å². The van der Waals surface area contributed by atoms with Crippen LogP contribution >= 0.6 is 0 Å². The summed E-state index contributed by atoms with van der Waals surface area (Å²) in [6.45, 7) is 0. The third-order valence-corrected chi connectivity index (χ3v) is 3.71. The largest absolute Gasteiger partial charge is 0.344 e. The standard InChI is InChI=1S/C12H10O3S.C4H4N2O/c13-16(14,15)12-8-6-11(7-9-12)10-4-2-1-3-5-10;7-4-5-2-1-3-6-4/h1-9H,(H,13,14,15);1-3H,(H,5,6,7). The molecule has 0 aliphatic heterocycles. The smallest absolute Gasteiger partial charge is 0.313 e. The summed E-state index contributed by atoms with van der Waals surface area (Å²) in [6.07, 6.45) is 2.98. The lowest BCUT2D eigenvalue weighted by Crippen LogP contribution is -2.05. The van der Waals surface area contributed by atoms with Gasteiger partial charge in [-0.2, -0.15) is 8.42 Å². The molecule has 0 saturated heterocycles. The van der Waals surface area contributed by atoms with Gasteiger partial charge in [0.05, 0.1) is 4.90 Å². The van der Waals surface area contributed by atoms with Gasteiger partial charge in [0.25, 0.3) is 10.1 Å². The minimum absolute atomic E-state index is 0.0906. The molecule has 1 heterocycles. The van der Waals surface area contributed by atoms with Crippen LogP contribution in [0.2, 0.25) is 0 Å². The van der Waals surface area contributed by atoms with Crippen molar-refractivity contribution in [2.45, 2.75) is 4.90 Å². The van der Waals surface area contributed by atoms with Crippen molar-refractivity contribution in [1.29, 1.82) is 0 Å². The molecule has 0 spiro atoms. The maximum Gasteiger partial charge on any atom is 0.344 e. The van der Waals surface area contributed by atoms with Crippen molar-refractivity contribution >= 4 is 10.1 Å². The first-order chi connectivity index (χ1) is 11.0. The molecule has 6 nitrogen and oxygen atoms in total. The van der Waals surface area contributed by atoms with E-state index in [-0.39, 0.29) is 10.6 Å². The second-order valence-electron chi connectivity index (χ2n) is 4.45. The van der Waals surface area contributed by atoms with Gasteiger partial charge in [-0.3, -0.25) is 4.55 Å². The van der Waals surface area contributed by atoms with Crippen molar-refractivity contribution in [2.75, 3.05) is 0 Å². The summed E-state index contributed by atoms with van der Waals surface area (Å²) in [6, 6.07) is 17.4. The second kappa shape index (κ2) is 7.48. The van der Waals surface area contributed by atoms with Crippen LogP contribution in [0.5, 0.6) is 0 Å². The van der Waals surface area contributed by atoms with Crippen molar-refractivity contribution in [3.05, 3.63) is 83.5 Å². The number of nitrogens with zero attached hydrogens (tertiary/aromatic N) is 1. The van der Waals surface area contributed by atoms with E-state index in [1.807, 2.05) is 30.3 Å². The van der Waals surface area contributed by atoms with E-state index < -0.39 is 10.1 Å². The summed E-state index contributed by atoms with van der Waals surface area (Å²) >= 11 is 0. The van der Waals surface area contributed by atoms with E-state index in [1.54, 1.807) is 18.2 Å². The van der Waals surface area contributed by atoms with Crippen LogP contribution in [0.15, 0.2) is 82.7 Å². The van der Waals surface area contributed by atoms with E-state index in [0.29, 0.717) is 0 Å². The topological polar surface area (TPSA) is 100 Å². The number of aromatic amines is 1. The predicted octanol–water partition coefficient (Wildman–Crippen LogP) is 2.37. The van der Waals surface area contributed by atoms with Gasteiger partial charge in [0.15, 0.2) is 0 Å². The number of H-pyrrole nitrogens is 1. The van der Waals surface area contributed by atoms with Crippen molar-refractivity contribution in [2.24, 2.45) is 0 Å². The Labute approximate surface area is 133 Å². The molecule has 7 heteroatoms. The van der Waals surface area contributed by atoms with Crippen LogP contribution in [0.1, 0.15) is 0 Å². The molecule has 2 aromatic carbocycles. The minimum atomic E-state index is -4.10. The van der Waals surface area contributed by atoms with Crippen molar-refractivity contribution in [3.63, 3.8) is 0 Å². The van der Waals surface area contributed by atoms with Gasteiger partial charge in [-0.15, -0.1) is 0 Å². The molecule has 0 radical (unpaired) electrons. The van der Waals surface area contributed by atoms with Gasteiger partial charge in [-0.1, -0.05) is 42.5 Å². The lowest BCUT2D eigenvalue weighted by Gasteiger charge is -2.02. The lowest BCUT2D eigenvalue weighted by molar-refractivity contribution is 0.483. The molecule has 0 atom stereocenters. The Morgan fingerprint density at radius 1 is 0.870 bits per heavy atom. The quantitative estimate of drug-likeness (QED) is 0.703. The van der Waals surface area contributed by atoms with Gasteiger partial charge in [0.1, 0.15) is 0 Å². The molecule has 0 bridgehead atoms. The van der Waals surface area contributed by atoms with Crippen LogP contribution in [0.3, 0.4) is 0 Å². The second-order valence-corrected chi connectivity index (χ2v) is 5.87. The number of nitrogens with one attached hydrogen (secondary N) is 1. The molecular formula is C16H14N2O4S. The van der Waals surface area contributed by atoms with Crippen LogP contribution in [0, 0.1) is 0 Å².